The van der Waals surface area contributed by atoms with Gasteiger partial charge in [-0.3, -0.25) is 0 Å². The first-order valence-electron chi connectivity index (χ1n) is 8.16. The maximum absolute atomic E-state index is 12.9. The van der Waals surface area contributed by atoms with Crippen LogP contribution >= 0.6 is 0 Å². The molecule has 2 N–H and O–H groups in total. The van der Waals surface area contributed by atoms with Crippen molar-refractivity contribution in [3.63, 3.8) is 0 Å². The second-order valence-electron chi connectivity index (χ2n) is 5.87. The van der Waals surface area contributed by atoms with Crippen molar-refractivity contribution >= 4 is 0 Å². The summed E-state index contributed by atoms with van der Waals surface area (Å²) in [6.07, 6.45) is -0.753. The van der Waals surface area contributed by atoms with Gasteiger partial charge in [0.05, 0.1) is 17.2 Å². The standard InChI is InChI=1S/C18H15F3N6O/c1-27-16(7-15(26-27)18(19,20)21)28-14-6-11(8-23)2-3-13(14)17-24-9-12(4-5-22)10-25-17/h2-3,6-7,9-10H,4-5,22H2,1H3. The Labute approximate surface area is 158 Å². The Morgan fingerprint density at radius 1 is 1.21 bits per heavy atom. The van der Waals surface area contributed by atoms with Gasteiger partial charge in [0.2, 0.25) is 5.88 Å². The number of rotatable bonds is 5. The van der Waals surface area contributed by atoms with Gasteiger partial charge in [-0.25, -0.2) is 14.6 Å². The molecule has 28 heavy (non-hydrogen) atoms. The van der Waals surface area contributed by atoms with E-state index in [1.165, 1.54) is 13.1 Å². The largest absolute Gasteiger partial charge is 0.438 e. The number of nitriles is 1. The number of aromatic nitrogens is 4. The van der Waals surface area contributed by atoms with E-state index in [1.807, 2.05) is 6.07 Å². The van der Waals surface area contributed by atoms with Gasteiger partial charge in [-0.05, 0) is 36.7 Å². The maximum Gasteiger partial charge on any atom is 0.435 e. The molecule has 0 radical (unpaired) electrons. The Bertz CT molecular complexity index is 1020. The minimum absolute atomic E-state index is 0.136. The van der Waals surface area contributed by atoms with Crippen LogP contribution in [-0.4, -0.2) is 26.3 Å². The number of benzene rings is 1. The molecule has 0 unspecified atom stereocenters. The fourth-order valence-corrected chi connectivity index (χ4v) is 2.45. The van der Waals surface area contributed by atoms with E-state index in [4.69, 9.17) is 15.7 Å². The lowest BCUT2D eigenvalue weighted by Crippen LogP contribution is -2.06. The SMILES string of the molecule is Cn1nc(C(F)(F)F)cc1Oc1cc(C#N)ccc1-c1ncc(CCN)cn1. The van der Waals surface area contributed by atoms with E-state index in [-0.39, 0.29) is 17.2 Å². The minimum Gasteiger partial charge on any atom is -0.438 e. The number of hydrogen-bond donors (Lipinski definition) is 1. The number of nitrogens with zero attached hydrogens (tertiary/aromatic N) is 5. The lowest BCUT2D eigenvalue weighted by atomic mass is 10.1. The Morgan fingerprint density at radius 2 is 1.93 bits per heavy atom. The van der Waals surface area contributed by atoms with Crippen LogP contribution in [0.25, 0.3) is 11.4 Å². The van der Waals surface area contributed by atoms with E-state index < -0.39 is 11.9 Å². The predicted molar refractivity (Wildman–Crippen MR) is 93.2 cm³/mol. The van der Waals surface area contributed by atoms with Gasteiger partial charge >= 0.3 is 6.18 Å². The molecular formula is C18H15F3N6O. The van der Waals surface area contributed by atoms with Crippen molar-refractivity contribution in [2.45, 2.75) is 12.6 Å². The number of nitrogens with two attached hydrogens (primary N) is 1. The van der Waals surface area contributed by atoms with Crippen LogP contribution in [0.3, 0.4) is 0 Å². The molecule has 3 rings (SSSR count). The van der Waals surface area contributed by atoms with Crippen molar-refractivity contribution in [1.82, 2.24) is 19.7 Å². The second-order valence-corrected chi connectivity index (χ2v) is 5.87. The Hall–Kier alpha value is -3.45. The first kappa shape index (κ1) is 19.3. The molecule has 0 spiro atoms. The molecular weight excluding hydrogens is 373 g/mol. The highest BCUT2D eigenvalue weighted by molar-refractivity contribution is 5.66. The summed E-state index contributed by atoms with van der Waals surface area (Å²) < 4.78 is 45.2. The van der Waals surface area contributed by atoms with E-state index in [2.05, 4.69) is 15.1 Å². The summed E-state index contributed by atoms with van der Waals surface area (Å²) in [5, 5.41) is 12.5. The summed E-state index contributed by atoms with van der Waals surface area (Å²) in [6, 6.07) is 7.28. The van der Waals surface area contributed by atoms with Crippen molar-refractivity contribution in [1.29, 1.82) is 5.26 Å². The third-order valence-corrected chi connectivity index (χ3v) is 3.83. The topological polar surface area (TPSA) is 103 Å². The van der Waals surface area contributed by atoms with E-state index in [9.17, 15) is 13.2 Å². The highest BCUT2D eigenvalue weighted by atomic mass is 19.4. The predicted octanol–water partition coefficient (Wildman–Crippen LogP) is 3.06. The highest BCUT2D eigenvalue weighted by Gasteiger charge is 2.35. The fraction of sp³-hybridized carbons (Fsp3) is 0.222. The Balaban J connectivity index is 2.01. The van der Waals surface area contributed by atoms with Gasteiger partial charge in [-0.1, -0.05) is 0 Å². The Kier molecular flexibility index (Phi) is 5.28. The molecule has 7 nitrogen and oxygen atoms in total. The highest BCUT2D eigenvalue weighted by Crippen LogP contribution is 2.35. The van der Waals surface area contributed by atoms with Crippen LogP contribution in [0.15, 0.2) is 36.7 Å². The quantitative estimate of drug-likeness (QED) is 0.721. The van der Waals surface area contributed by atoms with Crippen LogP contribution in [0.5, 0.6) is 11.6 Å². The lowest BCUT2D eigenvalue weighted by molar-refractivity contribution is -0.141. The van der Waals surface area contributed by atoms with Crippen LogP contribution in [0.1, 0.15) is 16.8 Å². The van der Waals surface area contributed by atoms with Crippen molar-refractivity contribution in [3.05, 3.63) is 53.5 Å². The average molecular weight is 388 g/mol. The monoisotopic (exact) mass is 388 g/mol. The molecule has 0 aliphatic carbocycles. The van der Waals surface area contributed by atoms with E-state index >= 15 is 0 Å². The maximum atomic E-state index is 12.9. The molecule has 10 heteroatoms. The molecule has 0 bridgehead atoms. The third-order valence-electron chi connectivity index (χ3n) is 3.83. The number of ether oxygens (including phenoxy) is 1. The molecule has 2 heterocycles. The molecule has 0 atom stereocenters. The fourth-order valence-electron chi connectivity index (χ4n) is 2.45. The van der Waals surface area contributed by atoms with Crippen LogP contribution < -0.4 is 10.5 Å². The second kappa shape index (κ2) is 7.66. The van der Waals surface area contributed by atoms with Crippen LogP contribution in [0, 0.1) is 11.3 Å². The lowest BCUT2D eigenvalue weighted by Gasteiger charge is -2.11. The van der Waals surface area contributed by atoms with E-state index in [0.29, 0.717) is 24.4 Å². The Morgan fingerprint density at radius 3 is 2.50 bits per heavy atom. The molecule has 3 aromatic rings. The number of aryl methyl sites for hydroxylation is 1. The van der Waals surface area contributed by atoms with Gasteiger partial charge in [0.15, 0.2) is 11.5 Å². The smallest absolute Gasteiger partial charge is 0.435 e. The zero-order valence-electron chi connectivity index (χ0n) is 14.7. The molecule has 2 aromatic heterocycles. The third kappa shape index (κ3) is 4.10. The van der Waals surface area contributed by atoms with Crippen LogP contribution in [-0.2, 0) is 19.6 Å². The van der Waals surface area contributed by atoms with Gasteiger partial charge in [-0.2, -0.15) is 23.5 Å². The van der Waals surface area contributed by atoms with Crippen LogP contribution in [0.2, 0.25) is 0 Å². The van der Waals surface area contributed by atoms with Crippen molar-refractivity contribution in [3.8, 4) is 29.1 Å². The van der Waals surface area contributed by atoms with Gasteiger partial charge in [0.25, 0.3) is 0 Å². The summed E-state index contributed by atoms with van der Waals surface area (Å²) in [4.78, 5) is 8.52. The summed E-state index contributed by atoms with van der Waals surface area (Å²) in [5.41, 5.74) is 5.98. The normalized spacial score (nSPS) is 11.3. The van der Waals surface area contributed by atoms with Crippen molar-refractivity contribution in [2.24, 2.45) is 12.8 Å². The summed E-state index contributed by atoms with van der Waals surface area (Å²) in [6.45, 7) is 0.454. The van der Waals surface area contributed by atoms with Crippen LogP contribution in [0.4, 0.5) is 13.2 Å². The van der Waals surface area contributed by atoms with E-state index in [0.717, 1.165) is 16.3 Å². The van der Waals surface area contributed by atoms with Gasteiger partial charge in [0.1, 0.15) is 5.75 Å². The molecule has 0 saturated heterocycles. The molecule has 144 valence electrons. The van der Waals surface area contributed by atoms with Crippen molar-refractivity contribution < 1.29 is 17.9 Å². The number of hydrogen-bond acceptors (Lipinski definition) is 6. The summed E-state index contributed by atoms with van der Waals surface area (Å²) >= 11 is 0. The zero-order valence-corrected chi connectivity index (χ0v) is 14.7. The molecule has 0 fully saturated rings. The van der Waals surface area contributed by atoms with Gasteiger partial charge in [0, 0.05) is 25.5 Å². The molecule has 1 aromatic carbocycles. The van der Waals surface area contributed by atoms with Gasteiger partial charge in [-0.15, -0.1) is 0 Å². The first-order valence-corrected chi connectivity index (χ1v) is 8.16. The molecule has 0 aliphatic heterocycles. The first-order chi connectivity index (χ1) is 13.3. The average Bonchev–Trinajstić information content (AvgIpc) is 3.04. The van der Waals surface area contributed by atoms with Gasteiger partial charge < -0.3 is 10.5 Å². The molecule has 0 amide bonds. The van der Waals surface area contributed by atoms with E-state index in [1.54, 1.807) is 24.5 Å². The molecule has 0 saturated carbocycles. The molecule has 0 aliphatic rings. The number of halogens is 3. The summed E-state index contributed by atoms with van der Waals surface area (Å²) in [5.74, 6) is 0.309. The minimum atomic E-state index is -4.60. The zero-order chi connectivity index (χ0) is 20.3. The van der Waals surface area contributed by atoms with Crippen molar-refractivity contribution in [2.75, 3.05) is 6.54 Å². The number of alkyl halides is 3. The summed E-state index contributed by atoms with van der Waals surface area (Å²) in [7, 11) is 1.33.